The van der Waals surface area contributed by atoms with E-state index >= 15 is 0 Å². The predicted molar refractivity (Wildman–Crippen MR) is 40.9 cm³/mol. The lowest BCUT2D eigenvalue weighted by Gasteiger charge is -1.92. The standard InChI is InChI=1S/C6H10O.H2O3Si/c1-3-6(4-2)5-7;1-4(2)3/h3,5-6H,1,4H2,2H3;1-2H. The molecular weight excluding hydrogens is 164 g/mol. The van der Waals surface area contributed by atoms with Gasteiger partial charge in [-0.05, 0) is 6.42 Å². The molecule has 1 unspecified atom stereocenters. The van der Waals surface area contributed by atoms with E-state index in [1.165, 1.54) is 0 Å². The summed E-state index contributed by atoms with van der Waals surface area (Å²) in [6.07, 6.45) is 3.44. The highest BCUT2D eigenvalue weighted by molar-refractivity contribution is 6.22. The van der Waals surface area contributed by atoms with Crippen LogP contribution in [0.1, 0.15) is 13.3 Å². The Morgan fingerprint density at radius 2 is 2.00 bits per heavy atom. The molecule has 0 amide bonds. The summed E-state index contributed by atoms with van der Waals surface area (Å²) in [7, 11) is -3.13. The van der Waals surface area contributed by atoms with Gasteiger partial charge in [-0.1, -0.05) is 13.0 Å². The molecule has 0 aromatic rings. The first-order valence-electron chi connectivity index (χ1n) is 3.08. The van der Waals surface area contributed by atoms with Gasteiger partial charge in [0.2, 0.25) is 0 Å². The molecule has 0 rings (SSSR count). The summed E-state index contributed by atoms with van der Waals surface area (Å²) in [5.74, 6) is 0.0694. The van der Waals surface area contributed by atoms with Gasteiger partial charge in [-0.15, -0.1) is 6.58 Å². The molecule has 0 fully saturated rings. The second-order valence-corrected chi connectivity index (χ2v) is 2.29. The van der Waals surface area contributed by atoms with Crippen molar-refractivity contribution in [2.45, 2.75) is 13.3 Å². The molecule has 0 radical (unpaired) electrons. The van der Waals surface area contributed by atoms with Crippen LogP contribution in [0, 0.1) is 5.92 Å². The normalized spacial score (nSPS) is 10.3. The van der Waals surface area contributed by atoms with Gasteiger partial charge in [-0.3, -0.25) is 4.46 Å². The van der Waals surface area contributed by atoms with Gasteiger partial charge in [0, 0.05) is 5.92 Å². The van der Waals surface area contributed by atoms with Crippen LogP contribution in [-0.4, -0.2) is 25.0 Å². The zero-order valence-corrected chi connectivity index (χ0v) is 7.36. The van der Waals surface area contributed by atoms with Crippen LogP contribution in [0.15, 0.2) is 12.7 Å². The summed E-state index contributed by atoms with van der Waals surface area (Å²) in [5.41, 5.74) is 0. The molecule has 0 spiro atoms. The van der Waals surface area contributed by atoms with Crippen LogP contribution in [-0.2, 0) is 9.26 Å². The highest BCUT2D eigenvalue weighted by Crippen LogP contribution is 1.96. The Morgan fingerprint density at radius 1 is 1.64 bits per heavy atom. The molecule has 2 N–H and O–H groups in total. The van der Waals surface area contributed by atoms with Gasteiger partial charge in [-0.2, -0.15) is 0 Å². The first-order valence-corrected chi connectivity index (χ1v) is 4.38. The fourth-order valence-corrected chi connectivity index (χ4v) is 0.318. The van der Waals surface area contributed by atoms with Crippen molar-refractivity contribution in [1.82, 2.24) is 0 Å². The third-order valence-electron chi connectivity index (χ3n) is 0.949. The zero-order valence-electron chi connectivity index (χ0n) is 6.36. The molecular formula is C6H12O4Si. The molecule has 0 saturated carbocycles. The van der Waals surface area contributed by atoms with Gasteiger partial charge >= 0.3 is 9.17 Å². The van der Waals surface area contributed by atoms with E-state index in [-0.39, 0.29) is 5.92 Å². The summed E-state index contributed by atoms with van der Waals surface area (Å²) < 4.78 is 8.74. The number of hydrogen-bond acceptors (Lipinski definition) is 2. The molecule has 0 aliphatic heterocycles. The van der Waals surface area contributed by atoms with Crippen molar-refractivity contribution < 1.29 is 18.8 Å². The van der Waals surface area contributed by atoms with E-state index in [0.717, 1.165) is 12.7 Å². The zero-order chi connectivity index (χ0) is 9.28. The second-order valence-electron chi connectivity index (χ2n) is 1.73. The number of carbonyl (C=O) groups is 1. The number of hydrogen-bond donors (Lipinski definition) is 2. The minimum absolute atomic E-state index is 0.0694. The van der Waals surface area contributed by atoms with Crippen LogP contribution in [0.4, 0.5) is 0 Å². The Hall–Kier alpha value is -0.973. The molecule has 0 heterocycles. The molecule has 0 bridgehead atoms. The molecule has 11 heavy (non-hydrogen) atoms. The highest BCUT2D eigenvalue weighted by Gasteiger charge is 1.92. The number of aldehydes is 1. The van der Waals surface area contributed by atoms with Crippen LogP contribution < -0.4 is 0 Å². The fourth-order valence-electron chi connectivity index (χ4n) is 0.318. The Labute approximate surface area is 67.1 Å². The first-order chi connectivity index (χ1) is 5.08. The lowest BCUT2D eigenvalue weighted by atomic mass is 10.1. The van der Waals surface area contributed by atoms with Crippen molar-refractivity contribution >= 4 is 15.5 Å². The van der Waals surface area contributed by atoms with Crippen LogP contribution in [0.3, 0.4) is 0 Å². The topological polar surface area (TPSA) is 74.6 Å². The summed E-state index contributed by atoms with van der Waals surface area (Å²) >= 11 is 0. The second kappa shape index (κ2) is 9.03. The summed E-state index contributed by atoms with van der Waals surface area (Å²) in [4.78, 5) is 24.2. The van der Waals surface area contributed by atoms with E-state index in [9.17, 15) is 4.79 Å². The monoisotopic (exact) mass is 176 g/mol. The molecule has 1 atom stereocenters. The lowest BCUT2D eigenvalue weighted by molar-refractivity contribution is -0.109. The number of carbonyl (C=O) groups excluding carboxylic acids is 1. The Bertz CT molecular complexity index is 123. The quantitative estimate of drug-likeness (QED) is 0.354. The van der Waals surface area contributed by atoms with Gasteiger partial charge in [0.05, 0.1) is 0 Å². The van der Waals surface area contributed by atoms with Crippen molar-refractivity contribution in [1.29, 1.82) is 0 Å². The Balaban J connectivity index is 0. The van der Waals surface area contributed by atoms with Crippen molar-refractivity contribution in [3.8, 4) is 0 Å². The van der Waals surface area contributed by atoms with Gasteiger partial charge in [-0.25, -0.2) is 0 Å². The smallest absolute Gasteiger partial charge is 0.511 e. The van der Waals surface area contributed by atoms with Crippen molar-refractivity contribution in [2.75, 3.05) is 0 Å². The molecule has 64 valence electrons. The molecule has 5 heteroatoms. The van der Waals surface area contributed by atoms with E-state index in [4.69, 9.17) is 14.1 Å². The molecule has 0 aliphatic carbocycles. The van der Waals surface area contributed by atoms with Gasteiger partial charge < -0.3 is 14.4 Å². The highest BCUT2D eigenvalue weighted by atomic mass is 28.3. The molecule has 4 nitrogen and oxygen atoms in total. The van der Waals surface area contributed by atoms with Gasteiger partial charge in [0.25, 0.3) is 0 Å². The number of allylic oxidation sites excluding steroid dienone is 1. The van der Waals surface area contributed by atoms with Gasteiger partial charge in [0.1, 0.15) is 6.29 Å². The molecule has 0 aliphatic rings. The third-order valence-corrected chi connectivity index (χ3v) is 0.949. The van der Waals surface area contributed by atoms with Crippen LogP contribution >= 0.6 is 0 Å². The summed E-state index contributed by atoms with van der Waals surface area (Å²) in [5, 5.41) is 0. The molecule has 0 aromatic carbocycles. The van der Waals surface area contributed by atoms with Crippen LogP contribution in [0.25, 0.3) is 0 Å². The van der Waals surface area contributed by atoms with E-state index in [1.54, 1.807) is 6.08 Å². The average molecular weight is 176 g/mol. The number of rotatable bonds is 3. The van der Waals surface area contributed by atoms with Crippen LogP contribution in [0.5, 0.6) is 0 Å². The summed E-state index contributed by atoms with van der Waals surface area (Å²) in [6.45, 7) is 5.43. The maximum Gasteiger partial charge on any atom is 0.761 e. The van der Waals surface area contributed by atoms with E-state index < -0.39 is 9.17 Å². The molecule has 0 saturated heterocycles. The Morgan fingerprint density at radius 3 is 2.00 bits per heavy atom. The fraction of sp³-hybridized carbons (Fsp3) is 0.500. The first kappa shape index (κ1) is 12.7. The minimum Gasteiger partial charge on any atom is -0.511 e. The average Bonchev–Trinajstić information content (AvgIpc) is 1.90. The van der Waals surface area contributed by atoms with Gasteiger partial charge in [0.15, 0.2) is 0 Å². The van der Waals surface area contributed by atoms with Crippen molar-refractivity contribution in [3.63, 3.8) is 0 Å². The maximum atomic E-state index is 9.90. The van der Waals surface area contributed by atoms with E-state index in [1.807, 2.05) is 6.92 Å². The SMILES string of the molecule is C=CC(C=O)CC.O=[Si](O)O. The summed E-state index contributed by atoms with van der Waals surface area (Å²) in [6, 6.07) is 0. The maximum absolute atomic E-state index is 9.90. The Kier molecular flexibility index (Phi) is 10.4. The van der Waals surface area contributed by atoms with E-state index in [2.05, 4.69) is 6.58 Å². The van der Waals surface area contributed by atoms with Crippen molar-refractivity contribution in [3.05, 3.63) is 12.7 Å². The van der Waals surface area contributed by atoms with Crippen molar-refractivity contribution in [2.24, 2.45) is 5.92 Å². The minimum atomic E-state index is -3.13. The third kappa shape index (κ3) is 17.6. The van der Waals surface area contributed by atoms with Crippen LogP contribution in [0.2, 0.25) is 0 Å². The molecule has 0 aromatic heterocycles. The largest absolute Gasteiger partial charge is 0.761 e. The lowest BCUT2D eigenvalue weighted by Crippen LogP contribution is -1.92. The van der Waals surface area contributed by atoms with E-state index in [0.29, 0.717) is 0 Å². The predicted octanol–water partition coefficient (Wildman–Crippen LogP) is -0.216.